The Morgan fingerprint density at radius 3 is 2.62 bits per heavy atom. The van der Waals surface area contributed by atoms with E-state index in [1.807, 2.05) is 11.8 Å². The minimum absolute atomic E-state index is 1.26. The van der Waals surface area contributed by atoms with Crippen LogP contribution in [0.5, 0.6) is 0 Å². The molecule has 0 atom stereocenters. The highest BCUT2D eigenvalue weighted by molar-refractivity contribution is 7.99. The van der Waals surface area contributed by atoms with Crippen LogP contribution < -0.4 is 0 Å². The third kappa shape index (κ3) is 3.86. The van der Waals surface area contributed by atoms with Gasteiger partial charge in [0, 0.05) is 4.90 Å². The van der Waals surface area contributed by atoms with Gasteiger partial charge in [0.15, 0.2) is 0 Å². The van der Waals surface area contributed by atoms with Crippen LogP contribution in [0.3, 0.4) is 0 Å². The topological polar surface area (TPSA) is 0 Å². The molecule has 0 aliphatic heterocycles. The molecule has 1 heteroatoms. The number of thioether (sulfide) groups is 1. The second-order valence-corrected chi connectivity index (χ2v) is 4.46. The van der Waals surface area contributed by atoms with Crippen LogP contribution in [-0.4, -0.2) is 5.75 Å². The number of rotatable bonds is 5. The van der Waals surface area contributed by atoms with Crippen molar-refractivity contribution in [3.8, 4) is 0 Å². The van der Waals surface area contributed by atoms with Gasteiger partial charge in [0.1, 0.15) is 0 Å². The molecule has 0 heterocycles. The van der Waals surface area contributed by atoms with Crippen LogP contribution in [0.2, 0.25) is 0 Å². The molecule has 1 aromatic carbocycles. The van der Waals surface area contributed by atoms with E-state index in [0.717, 1.165) is 0 Å². The SMILES string of the molecule is CCCCCSc1ccccc1C. The zero-order chi connectivity index (χ0) is 9.52. The maximum atomic E-state index is 2.25. The maximum Gasteiger partial charge on any atom is 0.0101 e. The summed E-state index contributed by atoms with van der Waals surface area (Å²) in [5, 5.41) is 0. The van der Waals surface area contributed by atoms with E-state index >= 15 is 0 Å². The highest BCUT2D eigenvalue weighted by atomic mass is 32.2. The predicted molar refractivity (Wildman–Crippen MR) is 61.4 cm³/mol. The summed E-state index contributed by atoms with van der Waals surface area (Å²) in [4.78, 5) is 1.44. The Hall–Kier alpha value is -0.430. The van der Waals surface area contributed by atoms with Crippen LogP contribution in [0.15, 0.2) is 29.2 Å². The molecule has 0 spiro atoms. The minimum Gasteiger partial charge on any atom is -0.126 e. The largest absolute Gasteiger partial charge is 0.126 e. The molecular formula is C12H18S. The molecule has 0 aliphatic rings. The van der Waals surface area contributed by atoms with Crippen LogP contribution in [0.1, 0.15) is 31.7 Å². The predicted octanol–water partition coefficient (Wildman–Crippen LogP) is 4.28. The lowest BCUT2D eigenvalue weighted by Crippen LogP contribution is -1.82. The van der Waals surface area contributed by atoms with Gasteiger partial charge in [-0.15, -0.1) is 11.8 Å². The fraction of sp³-hybridized carbons (Fsp3) is 0.500. The molecular weight excluding hydrogens is 176 g/mol. The smallest absolute Gasteiger partial charge is 0.0101 e. The third-order valence-corrected chi connectivity index (χ3v) is 3.36. The fourth-order valence-corrected chi connectivity index (χ4v) is 2.29. The number of aryl methyl sites for hydroxylation is 1. The molecule has 0 amide bonds. The summed E-state index contributed by atoms with van der Waals surface area (Å²) < 4.78 is 0. The van der Waals surface area contributed by atoms with E-state index in [1.165, 1.54) is 35.5 Å². The van der Waals surface area contributed by atoms with Crippen LogP contribution in [-0.2, 0) is 0 Å². The van der Waals surface area contributed by atoms with Crippen molar-refractivity contribution in [1.29, 1.82) is 0 Å². The first kappa shape index (κ1) is 10.6. The van der Waals surface area contributed by atoms with Crippen molar-refractivity contribution >= 4 is 11.8 Å². The van der Waals surface area contributed by atoms with E-state index in [-0.39, 0.29) is 0 Å². The van der Waals surface area contributed by atoms with Gasteiger partial charge in [-0.2, -0.15) is 0 Å². The molecule has 1 aromatic rings. The molecule has 0 N–H and O–H groups in total. The number of benzene rings is 1. The summed E-state index contributed by atoms with van der Waals surface area (Å²) in [5.74, 6) is 1.26. The molecule has 0 nitrogen and oxygen atoms in total. The molecule has 0 unspecified atom stereocenters. The third-order valence-electron chi connectivity index (χ3n) is 2.10. The second kappa shape index (κ2) is 6.09. The average Bonchev–Trinajstić information content (AvgIpc) is 2.15. The first-order valence-corrected chi connectivity index (χ1v) is 6.01. The fourth-order valence-electron chi connectivity index (χ4n) is 1.25. The van der Waals surface area contributed by atoms with E-state index in [9.17, 15) is 0 Å². The highest BCUT2D eigenvalue weighted by Crippen LogP contribution is 2.22. The Kier molecular flexibility index (Phi) is 4.99. The maximum absolute atomic E-state index is 2.25. The van der Waals surface area contributed by atoms with Gasteiger partial charge in [0.05, 0.1) is 0 Å². The lowest BCUT2D eigenvalue weighted by molar-refractivity contribution is 0.778. The summed E-state index contributed by atoms with van der Waals surface area (Å²) >= 11 is 1.99. The van der Waals surface area contributed by atoms with Crippen LogP contribution in [0, 0.1) is 6.92 Å². The zero-order valence-electron chi connectivity index (χ0n) is 8.55. The van der Waals surface area contributed by atoms with Gasteiger partial charge >= 0.3 is 0 Å². The summed E-state index contributed by atoms with van der Waals surface area (Å²) in [6.07, 6.45) is 4.02. The van der Waals surface area contributed by atoms with Crippen molar-refractivity contribution in [3.63, 3.8) is 0 Å². The Balaban J connectivity index is 2.32. The van der Waals surface area contributed by atoms with Crippen molar-refractivity contribution in [2.45, 2.75) is 38.0 Å². The molecule has 0 aromatic heterocycles. The van der Waals surface area contributed by atoms with E-state index in [2.05, 4.69) is 38.1 Å². The van der Waals surface area contributed by atoms with E-state index < -0.39 is 0 Å². The standard InChI is InChI=1S/C12H18S/c1-3-4-7-10-13-12-9-6-5-8-11(12)2/h5-6,8-9H,3-4,7,10H2,1-2H3. The Labute approximate surface area is 85.7 Å². The Morgan fingerprint density at radius 2 is 1.92 bits per heavy atom. The van der Waals surface area contributed by atoms with Crippen molar-refractivity contribution in [2.24, 2.45) is 0 Å². The van der Waals surface area contributed by atoms with Gasteiger partial charge in [-0.3, -0.25) is 0 Å². The molecule has 1 rings (SSSR count). The molecule has 13 heavy (non-hydrogen) atoms. The molecule has 72 valence electrons. The quantitative estimate of drug-likeness (QED) is 0.498. The molecule has 0 saturated carbocycles. The van der Waals surface area contributed by atoms with Gasteiger partial charge in [-0.05, 0) is 30.7 Å². The monoisotopic (exact) mass is 194 g/mol. The number of hydrogen-bond acceptors (Lipinski definition) is 1. The van der Waals surface area contributed by atoms with Crippen LogP contribution in [0.4, 0.5) is 0 Å². The first-order valence-electron chi connectivity index (χ1n) is 5.03. The summed E-state index contributed by atoms with van der Waals surface area (Å²) in [6.45, 7) is 4.43. The van der Waals surface area contributed by atoms with Crippen molar-refractivity contribution in [3.05, 3.63) is 29.8 Å². The molecule has 0 bridgehead atoms. The van der Waals surface area contributed by atoms with E-state index in [1.54, 1.807) is 0 Å². The summed E-state index contributed by atoms with van der Waals surface area (Å²) in [7, 11) is 0. The van der Waals surface area contributed by atoms with Crippen molar-refractivity contribution < 1.29 is 0 Å². The minimum atomic E-state index is 1.26. The van der Waals surface area contributed by atoms with Gasteiger partial charge in [-0.1, -0.05) is 38.0 Å². The average molecular weight is 194 g/mol. The van der Waals surface area contributed by atoms with Crippen molar-refractivity contribution in [2.75, 3.05) is 5.75 Å². The normalized spacial score (nSPS) is 10.3. The number of unbranched alkanes of at least 4 members (excludes halogenated alkanes) is 2. The summed E-state index contributed by atoms with van der Waals surface area (Å²) in [6, 6.07) is 8.62. The number of hydrogen-bond donors (Lipinski definition) is 0. The Morgan fingerprint density at radius 1 is 1.15 bits per heavy atom. The zero-order valence-corrected chi connectivity index (χ0v) is 9.36. The molecule has 0 radical (unpaired) electrons. The lowest BCUT2D eigenvalue weighted by atomic mass is 10.2. The molecule has 0 fully saturated rings. The van der Waals surface area contributed by atoms with Crippen LogP contribution >= 0.6 is 11.8 Å². The Bertz CT molecular complexity index is 243. The van der Waals surface area contributed by atoms with Gasteiger partial charge in [-0.25, -0.2) is 0 Å². The first-order chi connectivity index (χ1) is 6.34. The van der Waals surface area contributed by atoms with Crippen LogP contribution in [0.25, 0.3) is 0 Å². The van der Waals surface area contributed by atoms with E-state index in [0.29, 0.717) is 0 Å². The van der Waals surface area contributed by atoms with Gasteiger partial charge in [0.2, 0.25) is 0 Å². The second-order valence-electron chi connectivity index (χ2n) is 3.32. The van der Waals surface area contributed by atoms with E-state index in [4.69, 9.17) is 0 Å². The van der Waals surface area contributed by atoms with Gasteiger partial charge in [0.25, 0.3) is 0 Å². The lowest BCUT2D eigenvalue weighted by Gasteiger charge is -2.03. The molecule has 0 aliphatic carbocycles. The molecule has 0 saturated heterocycles. The highest BCUT2D eigenvalue weighted by Gasteiger charge is 1.96. The van der Waals surface area contributed by atoms with Crippen molar-refractivity contribution in [1.82, 2.24) is 0 Å². The summed E-state index contributed by atoms with van der Waals surface area (Å²) in [5.41, 5.74) is 1.41. The van der Waals surface area contributed by atoms with Gasteiger partial charge < -0.3 is 0 Å².